The van der Waals surface area contributed by atoms with Gasteiger partial charge in [-0.3, -0.25) is 5.10 Å². The standard InChI is InChI=1S/C11H17N7S/c1-2-8-13-11(19-17-8)18-5-3-4-7(6-18)9-14-10(12)16-15-9/h7H,2-6H2,1H3,(H3,12,14,15,16)/t7-/m1/s1. The van der Waals surface area contributed by atoms with E-state index in [0.717, 1.165) is 49.1 Å². The molecule has 1 saturated heterocycles. The Kier molecular flexibility index (Phi) is 3.33. The second-order valence-corrected chi connectivity index (χ2v) is 5.44. The number of aryl methyl sites for hydroxylation is 1. The molecule has 0 bridgehead atoms. The Balaban J connectivity index is 1.74. The molecule has 0 amide bonds. The summed E-state index contributed by atoms with van der Waals surface area (Å²) in [5.74, 6) is 2.46. The molecule has 3 heterocycles. The number of piperidine rings is 1. The van der Waals surface area contributed by atoms with Crippen molar-refractivity contribution in [1.82, 2.24) is 24.5 Å². The number of nitrogen functional groups attached to an aromatic ring is 1. The highest BCUT2D eigenvalue weighted by molar-refractivity contribution is 7.09. The van der Waals surface area contributed by atoms with E-state index in [4.69, 9.17) is 5.73 Å². The molecule has 0 aromatic carbocycles. The Hall–Kier alpha value is -1.70. The van der Waals surface area contributed by atoms with Gasteiger partial charge in [0.15, 0.2) is 0 Å². The van der Waals surface area contributed by atoms with E-state index in [1.807, 2.05) is 0 Å². The molecule has 3 N–H and O–H groups in total. The minimum absolute atomic E-state index is 0.316. The summed E-state index contributed by atoms with van der Waals surface area (Å²) in [5.41, 5.74) is 5.57. The fourth-order valence-corrected chi connectivity index (χ4v) is 3.15. The van der Waals surface area contributed by atoms with Crippen LogP contribution < -0.4 is 10.6 Å². The van der Waals surface area contributed by atoms with Crippen molar-refractivity contribution in [2.45, 2.75) is 32.1 Å². The van der Waals surface area contributed by atoms with Crippen molar-refractivity contribution in [3.63, 3.8) is 0 Å². The molecular weight excluding hydrogens is 262 g/mol. The first-order valence-corrected chi connectivity index (χ1v) is 7.29. The first kappa shape index (κ1) is 12.3. The van der Waals surface area contributed by atoms with Crippen LogP contribution in [0.1, 0.15) is 37.3 Å². The number of rotatable bonds is 3. The largest absolute Gasteiger partial charge is 0.367 e. The summed E-state index contributed by atoms with van der Waals surface area (Å²) in [4.78, 5) is 11.1. The molecule has 2 aromatic rings. The monoisotopic (exact) mass is 279 g/mol. The lowest BCUT2D eigenvalue weighted by Gasteiger charge is -2.30. The molecule has 19 heavy (non-hydrogen) atoms. The second-order valence-electron chi connectivity index (χ2n) is 4.71. The Morgan fingerprint density at radius 2 is 2.37 bits per heavy atom. The van der Waals surface area contributed by atoms with Crippen molar-refractivity contribution in [3.8, 4) is 0 Å². The second kappa shape index (κ2) is 5.12. The molecule has 1 aliphatic heterocycles. The lowest BCUT2D eigenvalue weighted by atomic mass is 9.98. The lowest BCUT2D eigenvalue weighted by molar-refractivity contribution is 0.492. The number of hydrogen-bond acceptors (Lipinski definition) is 7. The Morgan fingerprint density at radius 1 is 1.47 bits per heavy atom. The fourth-order valence-electron chi connectivity index (χ4n) is 2.36. The van der Waals surface area contributed by atoms with Gasteiger partial charge >= 0.3 is 0 Å². The van der Waals surface area contributed by atoms with E-state index in [0.29, 0.717) is 11.9 Å². The Morgan fingerprint density at radius 3 is 3.05 bits per heavy atom. The Labute approximate surface area is 115 Å². The van der Waals surface area contributed by atoms with E-state index < -0.39 is 0 Å². The van der Waals surface area contributed by atoms with Crippen molar-refractivity contribution in [3.05, 3.63) is 11.6 Å². The van der Waals surface area contributed by atoms with E-state index in [1.165, 1.54) is 11.5 Å². The van der Waals surface area contributed by atoms with Gasteiger partial charge in [-0.15, -0.1) is 5.10 Å². The molecule has 1 fully saturated rings. The normalized spacial score (nSPS) is 19.8. The molecule has 1 aliphatic rings. The third-order valence-corrected chi connectivity index (χ3v) is 4.19. The average molecular weight is 279 g/mol. The van der Waals surface area contributed by atoms with Crippen LogP contribution in [0.25, 0.3) is 0 Å². The highest BCUT2D eigenvalue weighted by Gasteiger charge is 2.25. The number of H-pyrrole nitrogens is 1. The van der Waals surface area contributed by atoms with Gasteiger partial charge in [0, 0.05) is 37.0 Å². The molecule has 0 saturated carbocycles. The van der Waals surface area contributed by atoms with Crippen LogP contribution in [0, 0.1) is 0 Å². The molecule has 3 rings (SSSR count). The number of nitrogens with zero attached hydrogens (tertiary/aromatic N) is 5. The van der Waals surface area contributed by atoms with Gasteiger partial charge in [0.2, 0.25) is 11.1 Å². The predicted octanol–water partition coefficient (Wildman–Crippen LogP) is 1.18. The lowest BCUT2D eigenvalue weighted by Crippen LogP contribution is -2.34. The van der Waals surface area contributed by atoms with Crippen LogP contribution in [0.4, 0.5) is 11.1 Å². The van der Waals surface area contributed by atoms with Gasteiger partial charge in [-0.25, -0.2) is 4.98 Å². The third kappa shape index (κ3) is 2.53. The molecule has 0 aliphatic carbocycles. The minimum Gasteiger partial charge on any atom is -0.367 e. The first-order valence-electron chi connectivity index (χ1n) is 6.51. The highest BCUT2D eigenvalue weighted by Crippen LogP contribution is 2.29. The van der Waals surface area contributed by atoms with Crippen molar-refractivity contribution in [1.29, 1.82) is 0 Å². The maximum atomic E-state index is 5.57. The molecule has 7 nitrogen and oxygen atoms in total. The molecular formula is C11H17N7S. The van der Waals surface area contributed by atoms with Crippen molar-refractivity contribution < 1.29 is 0 Å². The SMILES string of the molecule is CCc1nsc(N2CCC[C@@H](c3nc(N)n[nH]3)C2)n1. The van der Waals surface area contributed by atoms with E-state index >= 15 is 0 Å². The number of aromatic amines is 1. The molecule has 0 unspecified atom stereocenters. The maximum absolute atomic E-state index is 5.57. The summed E-state index contributed by atoms with van der Waals surface area (Å²) in [6.45, 7) is 3.99. The van der Waals surface area contributed by atoms with Crippen LogP contribution in [0.5, 0.6) is 0 Å². The van der Waals surface area contributed by atoms with E-state index in [2.05, 4.69) is 36.4 Å². The maximum Gasteiger partial charge on any atom is 0.239 e. The third-order valence-electron chi connectivity index (χ3n) is 3.37. The Bertz CT molecular complexity index is 549. The van der Waals surface area contributed by atoms with Gasteiger partial charge in [0.25, 0.3) is 0 Å². The number of nitrogens with one attached hydrogen (secondary N) is 1. The van der Waals surface area contributed by atoms with Gasteiger partial charge in [-0.05, 0) is 12.8 Å². The summed E-state index contributed by atoms with van der Waals surface area (Å²) in [6.07, 6.45) is 3.10. The first-order chi connectivity index (χ1) is 9.26. The van der Waals surface area contributed by atoms with E-state index in [9.17, 15) is 0 Å². The van der Waals surface area contributed by atoms with Crippen molar-refractivity contribution in [2.24, 2.45) is 0 Å². The fraction of sp³-hybridized carbons (Fsp3) is 0.636. The van der Waals surface area contributed by atoms with E-state index in [1.54, 1.807) is 0 Å². The number of aromatic nitrogens is 5. The summed E-state index contributed by atoms with van der Waals surface area (Å²) < 4.78 is 4.34. The topological polar surface area (TPSA) is 96.6 Å². The van der Waals surface area contributed by atoms with Crippen LogP contribution >= 0.6 is 11.5 Å². The number of hydrogen-bond donors (Lipinski definition) is 2. The zero-order valence-corrected chi connectivity index (χ0v) is 11.7. The summed E-state index contributed by atoms with van der Waals surface area (Å²) in [7, 11) is 0. The molecule has 0 spiro atoms. The summed E-state index contributed by atoms with van der Waals surface area (Å²) in [6, 6.07) is 0. The van der Waals surface area contributed by atoms with Gasteiger partial charge in [0.05, 0.1) is 0 Å². The smallest absolute Gasteiger partial charge is 0.239 e. The van der Waals surface area contributed by atoms with Crippen molar-refractivity contribution >= 4 is 22.6 Å². The van der Waals surface area contributed by atoms with Gasteiger partial charge in [-0.2, -0.15) is 9.36 Å². The van der Waals surface area contributed by atoms with Crippen LogP contribution in [-0.4, -0.2) is 37.6 Å². The van der Waals surface area contributed by atoms with Crippen LogP contribution in [-0.2, 0) is 6.42 Å². The molecule has 102 valence electrons. The van der Waals surface area contributed by atoms with Gasteiger partial charge in [-0.1, -0.05) is 6.92 Å². The van der Waals surface area contributed by atoms with Gasteiger partial charge < -0.3 is 10.6 Å². The summed E-state index contributed by atoms with van der Waals surface area (Å²) in [5, 5.41) is 7.83. The van der Waals surface area contributed by atoms with E-state index in [-0.39, 0.29) is 0 Å². The van der Waals surface area contributed by atoms with Crippen LogP contribution in [0.2, 0.25) is 0 Å². The van der Waals surface area contributed by atoms with Crippen LogP contribution in [0.3, 0.4) is 0 Å². The minimum atomic E-state index is 0.316. The predicted molar refractivity (Wildman–Crippen MR) is 74.3 cm³/mol. The number of anilines is 2. The molecule has 0 radical (unpaired) electrons. The zero-order chi connectivity index (χ0) is 13.2. The highest BCUT2D eigenvalue weighted by atomic mass is 32.1. The van der Waals surface area contributed by atoms with Gasteiger partial charge in [0.1, 0.15) is 11.6 Å². The molecule has 1 atom stereocenters. The summed E-state index contributed by atoms with van der Waals surface area (Å²) >= 11 is 1.48. The quantitative estimate of drug-likeness (QED) is 0.876. The van der Waals surface area contributed by atoms with Crippen molar-refractivity contribution in [2.75, 3.05) is 23.7 Å². The average Bonchev–Trinajstić information content (AvgIpc) is 3.07. The zero-order valence-electron chi connectivity index (χ0n) is 10.8. The molecule has 8 heteroatoms. The number of nitrogens with two attached hydrogens (primary N) is 1. The van der Waals surface area contributed by atoms with Crippen LogP contribution in [0.15, 0.2) is 0 Å². The molecule has 2 aromatic heterocycles.